The summed E-state index contributed by atoms with van der Waals surface area (Å²) >= 11 is 0. The van der Waals surface area contributed by atoms with Crippen molar-refractivity contribution in [3.8, 4) is 0 Å². The lowest BCUT2D eigenvalue weighted by Gasteiger charge is -2.13. The van der Waals surface area contributed by atoms with Crippen LogP contribution in [0.15, 0.2) is 24.3 Å². The monoisotopic (exact) mass is 206 g/mol. The minimum absolute atomic E-state index is 0.546. The molecule has 1 atom stereocenters. The molecule has 0 radical (unpaired) electrons. The van der Waals surface area contributed by atoms with Crippen molar-refractivity contribution in [1.82, 2.24) is 5.32 Å². The molecule has 0 amide bonds. The summed E-state index contributed by atoms with van der Waals surface area (Å²) in [7, 11) is 0. The van der Waals surface area contributed by atoms with Crippen molar-refractivity contribution >= 4 is 5.69 Å². The zero-order valence-corrected chi connectivity index (χ0v) is 10.0. The minimum atomic E-state index is 0.546. The van der Waals surface area contributed by atoms with Gasteiger partial charge in [-0.25, -0.2) is 0 Å². The molecule has 0 fully saturated rings. The fourth-order valence-electron chi connectivity index (χ4n) is 1.37. The molecule has 1 aromatic carbocycles. The third-order valence-corrected chi connectivity index (χ3v) is 2.56. The van der Waals surface area contributed by atoms with Gasteiger partial charge in [-0.1, -0.05) is 26.0 Å². The smallest absolute Gasteiger partial charge is 0.0342 e. The second-order valence-electron chi connectivity index (χ2n) is 3.93. The van der Waals surface area contributed by atoms with E-state index in [-0.39, 0.29) is 0 Å². The normalized spacial score (nSPS) is 12.5. The SMILES string of the molecule is CCNCc1ccc(NC(C)CC)cc1. The van der Waals surface area contributed by atoms with Gasteiger partial charge in [0.25, 0.3) is 0 Å². The molecule has 0 heterocycles. The lowest BCUT2D eigenvalue weighted by Crippen LogP contribution is -2.14. The molecule has 2 N–H and O–H groups in total. The largest absolute Gasteiger partial charge is 0.383 e. The second kappa shape index (κ2) is 6.46. The number of benzene rings is 1. The molecule has 0 aliphatic rings. The van der Waals surface area contributed by atoms with Crippen molar-refractivity contribution in [2.45, 2.75) is 39.8 Å². The Kier molecular flexibility index (Phi) is 5.19. The van der Waals surface area contributed by atoms with E-state index in [0.29, 0.717) is 6.04 Å². The van der Waals surface area contributed by atoms with Crippen LogP contribution in [0.2, 0.25) is 0 Å². The summed E-state index contributed by atoms with van der Waals surface area (Å²) in [6, 6.07) is 9.20. The van der Waals surface area contributed by atoms with E-state index in [1.165, 1.54) is 11.3 Å². The highest BCUT2D eigenvalue weighted by molar-refractivity contribution is 5.45. The van der Waals surface area contributed by atoms with E-state index in [9.17, 15) is 0 Å². The van der Waals surface area contributed by atoms with Crippen LogP contribution in [0.4, 0.5) is 5.69 Å². The zero-order valence-electron chi connectivity index (χ0n) is 10.0. The quantitative estimate of drug-likeness (QED) is 0.747. The van der Waals surface area contributed by atoms with Gasteiger partial charge < -0.3 is 10.6 Å². The Hall–Kier alpha value is -1.02. The molecule has 2 nitrogen and oxygen atoms in total. The molecule has 0 saturated carbocycles. The van der Waals surface area contributed by atoms with E-state index >= 15 is 0 Å². The fourth-order valence-corrected chi connectivity index (χ4v) is 1.37. The van der Waals surface area contributed by atoms with Crippen molar-refractivity contribution in [1.29, 1.82) is 0 Å². The number of rotatable bonds is 6. The van der Waals surface area contributed by atoms with Gasteiger partial charge in [-0.05, 0) is 37.6 Å². The summed E-state index contributed by atoms with van der Waals surface area (Å²) in [6.07, 6.45) is 1.15. The van der Waals surface area contributed by atoms with Crippen LogP contribution < -0.4 is 10.6 Å². The van der Waals surface area contributed by atoms with Gasteiger partial charge in [0.1, 0.15) is 0 Å². The number of hydrogen-bond donors (Lipinski definition) is 2. The summed E-state index contributed by atoms with van der Waals surface area (Å²) in [4.78, 5) is 0. The van der Waals surface area contributed by atoms with Crippen LogP contribution in [0.3, 0.4) is 0 Å². The van der Waals surface area contributed by atoms with Crippen LogP contribution in [-0.2, 0) is 6.54 Å². The molecule has 0 saturated heterocycles. The van der Waals surface area contributed by atoms with Gasteiger partial charge in [0, 0.05) is 18.3 Å². The molecule has 1 rings (SSSR count). The number of anilines is 1. The van der Waals surface area contributed by atoms with Crippen molar-refractivity contribution in [2.75, 3.05) is 11.9 Å². The molecule has 0 aromatic heterocycles. The molecule has 0 aliphatic carbocycles. The lowest BCUT2D eigenvalue weighted by molar-refractivity contribution is 0.726. The Labute approximate surface area is 93.1 Å². The Balaban J connectivity index is 2.48. The fraction of sp³-hybridized carbons (Fsp3) is 0.538. The van der Waals surface area contributed by atoms with Crippen LogP contribution in [0.5, 0.6) is 0 Å². The summed E-state index contributed by atoms with van der Waals surface area (Å²) in [5.74, 6) is 0. The molecule has 2 heteroatoms. The number of nitrogens with one attached hydrogen (secondary N) is 2. The standard InChI is InChI=1S/C13H22N2/c1-4-11(3)15-13-8-6-12(7-9-13)10-14-5-2/h6-9,11,14-15H,4-5,10H2,1-3H3. The van der Waals surface area contributed by atoms with E-state index in [4.69, 9.17) is 0 Å². The van der Waals surface area contributed by atoms with Crippen molar-refractivity contribution in [3.05, 3.63) is 29.8 Å². The molecule has 0 bridgehead atoms. The first-order chi connectivity index (χ1) is 7.26. The molecular weight excluding hydrogens is 184 g/mol. The van der Waals surface area contributed by atoms with Crippen LogP contribution in [-0.4, -0.2) is 12.6 Å². The summed E-state index contributed by atoms with van der Waals surface area (Å²) in [6.45, 7) is 8.50. The molecule has 0 spiro atoms. The van der Waals surface area contributed by atoms with Crippen LogP contribution >= 0.6 is 0 Å². The lowest BCUT2D eigenvalue weighted by atomic mass is 10.2. The van der Waals surface area contributed by atoms with Gasteiger partial charge in [0.2, 0.25) is 0 Å². The van der Waals surface area contributed by atoms with Gasteiger partial charge in [-0.15, -0.1) is 0 Å². The van der Waals surface area contributed by atoms with E-state index < -0.39 is 0 Å². The molecule has 1 unspecified atom stereocenters. The number of hydrogen-bond acceptors (Lipinski definition) is 2. The summed E-state index contributed by atoms with van der Waals surface area (Å²) in [5, 5.41) is 6.77. The predicted octanol–water partition coefficient (Wildman–Crippen LogP) is 3.01. The third-order valence-electron chi connectivity index (χ3n) is 2.56. The van der Waals surface area contributed by atoms with Crippen LogP contribution in [0, 0.1) is 0 Å². The van der Waals surface area contributed by atoms with E-state index in [1.54, 1.807) is 0 Å². The predicted molar refractivity (Wildman–Crippen MR) is 67.2 cm³/mol. The molecular formula is C13H22N2. The Morgan fingerprint density at radius 1 is 1.13 bits per heavy atom. The second-order valence-corrected chi connectivity index (χ2v) is 3.93. The average Bonchev–Trinajstić information content (AvgIpc) is 2.28. The molecule has 1 aromatic rings. The topological polar surface area (TPSA) is 24.1 Å². The van der Waals surface area contributed by atoms with Gasteiger partial charge in [0.15, 0.2) is 0 Å². The molecule has 15 heavy (non-hydrogen) atoms. The van der Waals surface area contributed by atoms with Gasteiger partial charge in [-0.2, -0.15) is 0 Å². The Morgan fingerprint density at radius 2 is 1.80 bits per heavy atom. The molecule has 0 aliphatic heterocycles. The van der Waals surface area contributed by atoms with E-state index in [2.05, 4.69) is 55.7 Å². The average molecular weight is 206 g/mol. The van der Waals surface area contributed by atoms with Gasteiger partial charge >= 0.3 is 0 Å². The highest BCUT2D eigenvalue weighted by atomic mass is 14.9. The van der Waals surface area contributed by atoms with E-state index in [0.717, 1.165) is 19.5 Å². The highest BCUT2D eigenvalue weighted by Crippen LogP contribution is 2.11. The minimum Gasteiger partial charge on any atom is -0.383 e. The zero-order chi connectivity index (χ0) is 11.1. The maximum atomic E-state index is 3.45. The van der Waals surface area contributed by atoms with Crippen molar-refractivity contribution in [3.63, 3.8) is 0 Å². The summed E-state index contributed by atoms with van der Waals surface area (Å²) < 4.78 is 0. The maximum absolute atomic E-state index is 3.45. The van der Waals surface area contributed by atoms with Crippen LogP contribution in [0.1, 0.15) is 32.8 Å². The summed E-state index contributed by atoms with van der Waals surface area (Å²) in [5.41, 5.74) is 2.55. The van der Waals surface area contributed by atoms with Crippen molar-refractivity contribution < 1.29 is 0 Å². The Morgan fingerprint density at radius 3 is 2.33 bits per heavy atom. The van der Waals surface area contributed by atoms with E-state index in [1.807, 2.05) is 0 Å². The highest BCUT2D eigenvalue weighted by Gasteiger charge is 1.98. The maximum Gasteiger partial charge on any atom is 0.0342 e. The first kappa shape index (κ1) is 12.1. The first-order valence-electron chi connectivity index (χ1n) is 5.82. The Bertz CT molecular complexity index is 266. The third kappa shape index (κ3) is 4.34. The first-order valence-corrected chi connectivity index (χ1v) is 5.82. The van der Waals surface area contributed by atoms with Gasteiger partial charge in [-0.3, -0.25) is 0 Å². The van der Waals surface area contributed by atoms with Gasteiger partial charge in [0.05, 0.1) is 0 Å². The van der Waals surface area contributed by atoms with Crippen LogP contribution in [0.25, 0.3) is 0 Å². The molecule has 84 valence electrons. The van der Waals surface area contributed by atoms with Crippen molar-refractivity contribution in [2.24, 2.45) is 0 Å².